The van der Waals surface area contributed by atoms with Gasteiger partial charge >= 0.3 is 0 Å². The summed E-state index contributed by atoms with van der Waals surface area (Å²) in [6.07, 6.45) is 0. The molecule has 0 saturated heterocycles. The van der Waals surface area contributed by atoms with Crippen LogP contribution < -0.4 is 4.74 Å². The smallest absolute Gasteiger partial charge is 0.175 e. The van der Waals surface area contributed by atoms with Crippen molar-refractivity contribution >= 4 is 28.6 Å². The number of Topliss-reactive ketones (excluding diaryl/α,β-unsaturated/α-hetero) is 1. The second kappa shape index (κ2) is 10.0. The summed E-state index contributed by atoms with van der Waals surface area (Å²) >= 11 is 1.42. The molecular formula is C29H26FN3O2S. The first-order chi connectivity index (χ1) is 17.5. The molecule has 5 nitrogen and oxygen atoms in total. The summed E-state index contributed by atoms with van der Waals surface area (Å²) in [7, 11) is 0. The molecule has 0 saturated carbocycles. The Labute approximate surface area is 213 Å². The average Bonchev–Trinajstić information content (AvgIpc) is 3.40. The van der Waals surface area contributed by atoms with E-state index in [2.05, 4.69) is 4.57 Å². The van der Waals surface area contributed by atoms with Gasteiger partial charge in [-0.05, 0) is 87.5 Å². The third-order valence-electron chi connectivity index (χ3n) is 6.08. The zero-order chi connectivity index (χ0) is 25.2. The minimum Gasteiger partial charge on any atom is -0.494 e. The number of carbonyl (C=O) groups is 1. The number of nitrogens with zero attached hydrogens (tertiary/aromatic N) is 3. The third-order valence-corrected chi connectivity index (χ3v) is 7.02. The summed E-state index contributed by atoms with van der Waals surface area (Å²) in [5.41, 5.74) is 6.06. The minimum atomic E-state index is -0.288. The summed E-state index contributed by atoms with van der Waals surface area (Å²) in [5.74, 6) is 0.788. The van der Waals surface area contributed by atoms with Crippen LogP contribution in [0.4, 0.5) is 4.39 Å². The molecule has 7 heteroatoms. The highest BCUT2D eigenvalue weighted by Crippen LogP contribution is 2.30. The molecule has 0 fully saturated rings. The van der Waals surface area contributed by atoms with Crippen molar-refractivity contribution in [2.24, 2.45) is 0 Å². The number of fused-ring (bicyclic) bond motifs is 1. The molecule has 0 atom stereocenters. The van der Waals surface area contributed by atoms with Crippen molar-refractivity contribution in [2.75, 3.05) is 12.4 Å². The lowest BCUT2D eigenvalue weighted by Gasteiger charge is -2.11. The van der Waals surface area contributed by atoms with Gasteiger partial charge in [0.15, 0.2) is 10.9 Å². The number of carbonyl (C=O) groups excluding carboxylic acids is 1. The molecule has 3 aromatic carbocycles. The van der Waals surface area contributed by atoms with Gasteiger partial charge in [-0.15, -0.1) is 0 Å². The van der Waals surface area contributed by atoms with Crippen molar-refractivity contribution < 1.29 is 13.9 Å². The molecule has 182 valence electrons. The normalized spacial score (nSPS) is 11.2. The van der Waals surface area contributed by atoms with Crippen molar-refractivity contribution in [2.45, 2.75) is 25.9 Å². The molecule has 2 heterocycles. The van der Waals surface area contributed by atoms with E-state index in [9.17, 15) is 9.18 Å². The summed E-state index contributed by atoms with van der Waals surface area (Å²) in [6.45, 7) is 6.44. The van der Waals surface area contributed by atoms with E-state index in [1.807, 2.05) is 79.9 Å². The van der Waals surface area contributed by atoms with Crippen LogP contribution in [0.2, 0.25) is 0 Å². The number of thioether (sulfide) groups is 1. The Morgan fingerprint density at radius 3 is 2.33 bits per heavy atom. The predicted molar refractivity (Wildman–Crippen MR) is 142 cm³/mol. The Morgan fingerprint density at radius 1 is 0.944 bits per heavy atom. The van der Waals surface area contributed by atoms with E-state index in [-0.39, 0.29) is 17.4 Å². The lowest BCUT2D eigenvalue weighted by molar-refractivity contribution is 0.102. The number of aromatic nitrogens is 3. The van der Waals surface area contributed by atoms with E-state index >= 15 is 0 Å². The number of ether oxygens (including phenoxy) is 1. The van der Waals surface area contributed by atoms with Crippen molar-refractivity contribution in [3.8, 4) is 17.1 Å². The highest BCUT2D eigenvalue weighted by atomic mass is 32.2. The predicted octanol–water partition coefficient (Wildman–Crippen LogP) is 6.95. The first kappa shape index (κ1) is 23.9. The van der Waals surface area contributed by atoms with Crippen LogP contribution in [0.25, 0.3) is 22.4 Å². The number of rotatable bonds is 8. The lowest BCUT2D eigenvalue weighted by Crippen LogP contribution is -2.07. The molecule has 0 unspecified atom stereocenters. The Bertz CT molecular complexity index is 1540. The topological polar surface area (TPSA) is 49.0 Å². The number of ketones is 1. The molecule has 2 aromatic heterocycles. The molecule has 0 spiro atoms. The van der Waals surface area contributed by atoms with Gasteiger partial charge in [0.1, 0.15) is 11.6 Å². The molecule has 0 bridgehead atoms. The summed E-state index contributed by atoms with van der Waals surface area (Å²) in [5, 5.41) is 0.751. The first-order valence-electron chi connectivity index (χ1n) is 11.8. The fourth-order valence-corrected chi connectivity index (χ4v) is 5.36. The van der Waals surface area contributed by atoms with Crippen molar-refractivity contribution in [1.29, 1.82) is 0 Å². The van der Waals surface area contributed by atoms with Crippen LogP contribution in [0.5, 0.6) is 5.75 Å². The quantitative estimate of drug-likeness (QED) is 0.171. The molecule has 0 aliphatic carbocycles. The van der Waals surface area contributed by atoms with Gasteiger partial charge in [0.25, 0.3) is 0 Å². The molecule has 5 aromatic rings. The molecule has 0 radical (unpaired) electrons. The lowest BCUT2D eigenvalue weighted by atomic mass is 10.2. The number of aryl methyl sites for hydroxylation is 1. The zero-order valence-electron chi connectivity index (χ0n) is 20.4. The molecule has 0 aliphatic rings. The van der Waals surface area contributed by atoms with Gasteiger partial charge in [-0.1, -0.05) is 23.9 Å². The fraction of sp³-hybridized carbons (Fsp3) is 0.172. The van der Waals surface area contributed by atoms with Gasteiger partial charge < -0.3 is 9.30 Å². The first-order valence-corrected chi connectivity index (χ1v) is 12.8. The number of hydrogen-bond acceptors (Lipinski definition) is 4. The van der Waals surface area contributed by atoms with E-state index in [1.54, 1.807) is 12.1 Å². The number of para-hydroxylation sites is 2. The number of imidazole rings is 1. The van der Waals surface area contributed by atoms with Gasteiger partial charge in [-0.2, -0.15) is 0 Å². The van der Waals surface area contributed by atoms with Crippen LogP contribution >= 0.6 is 11.8 Å². The van der Waals surface area contributed by atoms with E-state index in [0.717, 1.165) is 44.7 Å². The largest absolute Gasteiger partial charge is 0.494 e. The number of benzene rings is 3. The van der Waals surface area contributed by atoms with Crippen molar-refractivity contribution in [3.63, 3.8) is 0 Å². The van der Waals surface area contributed by atoms with Gasteiger partial charge in [-0.25, -0.2) is 9.37 Å². The van der Waals surface area contributed by atoms with Crippen LogP contribution in [-0.2, 0) is 0 Å². The summed E-state index contributed by atoms with van der Waals surface area (Å²) < 4.78 is 23.0. The Hall–Kier alpha value is -3.84. The molecule has 0 amide bonds. The van der Waals surface area contributed by atoms with Gasteiger partial charge in [0.05, 0.1) is 23.4 Å². The third kappa shape index (κ3) is 4.54. The maximum absolute atomic E-state index is 13.4. The van der Waals surface area contributed by atoms with E-state index < -0.39 is 0 Å². The van der Waals surface area contributed by atoms with Crippen LogP contribution in [0.15, 0.2) is 84.0 Å². The SMILES string of the molecule is CCOc1ccc(-n2c(SCC(=O)c3cc(C)n(-c4ccc(F)cc4)c3C)nc3ccccc32)cc1. The minimum absolute atomic E-state index is 0.0201. The maximum Gasteiger partial charge on any atom is 0.175 e. The Balaban J connectivity index is 1.43. The summed E-state index contributed by atoms with van der Waals surface area (Å²) in [4.78, 5) is 18.1. The second-order valence-corrected chi connectivity index (χ2v) is 9.40. The highest BCUT2D eigenvalue weighted by molar-refractivity contribution is 7.99. The molecule has 0 N–H and O–H groups in total. The standard InChI is InChI=1S/C29H26FN3O2S/c1-4-35-24-15-13-23(14-16-24)33-27-8-6-5-7-26(27)31-29(33)36-18-28(34)25-17-19(2)32(20(25)3)22-11-9-21(30)10-12-22/h5-17H,4,18H2,1-3H3. The zero-order valence-corrected chi connectivity index (χ0v) is 21.2. The number of hydrogen-bond donors (Lipinski definition) is 0. The highest BCUT2D eigenvalue weighted by Gasteiger charge is 2.19. The van der Waals surface area contributed by atoms with Gasteiger partial charge in [-0.3, -0.25) is 9.36 Å². The van der Waals surface area contributed by atoms with Gasteiger partial charge in [0.2, 0.25) is 0 Å². The molecular weight excluding hydrogens is 473 g/mol. The van der Waals surface area contributed by atoms with E-state index in [1.165, 1.54) is 23.9 Å². The Morgan fingerprint density at radius 2 is 1.61 bits per heavy atom. The van der Waals surface area contributed by atoms with Crippen LogP contribution in [-0.4, -0.2) is 32.3 Å². The average molecular weight is 500 g/mol. The second-order valence-electron chi connectivity index (χ2n) is 8.45. The van der Waals surface area contributed by atoms with Crippen LogP contribution in [0.3, 0.4) is 0 Å². The summed E-state index contributed by atoms with van der Waals surface area (Å²) in [6, 6.07) is 24.0. The molecule has 5 rings (SSSR count). The molecule has 36 heavy (non-hydrogen) atoms. The maximum atomic E-state index is 13.4. The Kier molecular flexibility index (Phi) is 6.65. The van der Waals surface area contributed by atoms with Crippen molar-refractivity contribution in [1.82, 2.24) is 14.1 Å². The number of halogens is 1. The van der Waals surface area contributed by atoms with E-state index in [4.69, 9.17) is 9.72 Å². The monoisotopic (exact) mass is 499 g/mol. The molecule has 0 aliphatic heterocycles. The van der Waals surface area contributed by atoms with Crippen LogP contribution in [0, 0.1) is 19.7 Å². The van der Waals surface area contributed by atoms with Crippen molar-refractivity contribution in [3.05, 3.63) is 102 Å². The van der Waals surface area contributed by atoms with Crippen LogP contribution in [0.1, 0.15) is 28.7 Å². The van der Waals surface area contributed by atoms with Gasteiger partial charge in [0, 0.05) is 28.3 Å². The fourth-order valence-electron chi connectivity index (χ4n) is 4.45. The van der Waals surface area contributed by atoms with E-state index in [0.29, 0.717) is 12.2 Å².